The van der Waals surface area contributed by atoms with Gasteiger partial charge in [0.15, 0.2) is 17.5 Å². The Hall–Kier alpha value is -2.62. The Balaban J connectivity index is 2.07. The van der Waals surface area contributed by atoms with Crippen molar-refractivity contribution in [1.82, 2.24) is 0 Å². The Morgan fingerprint density at radius 1 is 0.500 bits per heavy atom. The van der Waals surface area contributed by atoms with E-state index >= 15 is 0 Å². The van der Waals surface area contributed by atoms with E-state index in [4.69, 9.17) is 0 Å². The SMILES string of the molecule is Fc1cc(-c2ccccc2)ccc1-c1cc(F)c(F)c(F)c1. The van der Waals surface area contributed by atoms with Gasteiger partial charge in [-0.15, -0.1) is 0 Å². The fourth-order valence-electron chi connectivity index (χ4n) is 2.27. The van der Waals surface area contributed by atoms with E-state index in [1.807, 2.05) is 30.3 Å². The van der Waals surface area contributed by atoms with Crippen LogP contribution in [0.15, 0.2) is 60.7 Å². The summed E-state index contributed by atoms with van der Waals surface area (Å²) < 4.78 is 53.7. The molecule has 0 aliphatic heterocycles. The highest BCUT2D eigenvalue weighted by Gasteiger charge is 2.14. The van der Waals surface area contributed by atoms with Crippen LogP contribution in [0.5, 0.6) is 0 Å². The van der Waals surface area contributed by atoms with E-state index in [9.17, 15) is 17.6 Å². The van der Waals surface area contributed by atoms with Crippen LogP contribution >= 0.6 is 0 Å². The zero-order valence-electron chi connectivity index (χ0n) is 11.3. The van der Waals surface area contributed by atoms with Crippen LogP contribution in [0.3, 0.4) is 0 Å². The van der Waals surface area contributed by atoms with Crippen molar-refractivity contribution in [1.29, 1.82) is 0 Å². The first-order valence-electron chi connectivity index (χ1n) is 6.56. The lowest BCUT2D eigenvalue weighted by molar-refractivity contribution is 0.447. The fourth-order valence-corrected chi connectivity index (χ4v) is 2.27. The largest absolute Gasteiger partial charge is 0.206 e. The van der Waals surface area contributed by atoms with Gasteiger partial charge in [-0.25, -0.2) is 17.6 Å². The van der Waals surface area contributed by atoms with E-state index in [1.165, 1.54) is 12.1 Å². The van der Waals surface area contributed by atoms with Crippen molar-refractivity contribution in [2.45, 2.75) is 0 Å². The first kappa shape index (κ1) is 14.3. The van der Waals surface area contributed by atoms with Gasteiger partial charge >= 0.3 is 0 Å². The molecule has 0 bridgehead atoms. The highest BCUT2D eigenvalue weighted by molar-refractivity contribution is 5.71. The van der Waals surface area contributed by atoms with Gasteiger partial charge < -0.3 is 0 Å². The molecule has 0 fully saturated rings. The van der Waals surface area contributed by atoms with Gasteiger partial charge in [0.25, 0.3) is 0 Å². The second-order valence-corrected chi connectivity index (χ2v) is 4.81. The van der Waals surface area contributed by atoms with E-state index in [1.54, 1.807) is 6.07 Å². The van der Waals surface area contributed by atoms with Crippen molar-refractivity contribution in [3.63, 3.8) is 0 Å². The molecule has 0 saturated carbocycles. The first-order chi connectivity index (χ1) is 10.6. The monoisotopic (exact) mass is 302 g/mol. The van der Waals surface area contributed by atoms with Crippen LogP contribution in [0.2, 0.25) is 0 Å². The maximum absolute atomic E-state index is 14.2. The number of halogens is 4. The van der Waals surface area contributed by atoms with Gasteiger partial charge in [0.1, 0.15) is 5.82 Å². The molecule has 0 amide bonds. The highest BCUT2D eigenvalue weighted by atomic mass is 19.2. The summed E-state index contributed by atoms with van der Waals surface area (Å²) in [5.74, 6) is -4.89. The average molecular weight is 302 g/mol. The smallest absolute Gasteiger partial charge is 0.194 e. The second kappa shape index (κ2) is 5.64. The molecule has 0 unspecified atom stereocenters. The molecule has 0 nitrogen and oxygen atoms in total. The minimum atomic E-state index is -1.56. The Kier molecular flexibility index (Phi) is 3.67. The number of rotatable bonds is 2. The zero-order chi connectivity index (χ0) is 15.7. The predicted molar refractivity (Wildman–Crippen MR) is 77.1 cm³/mol. The molecule has 0 N–H and O–H groups in total. The molecular formula is C18H10F4. The van der Waals surface area contributed by atoms with Crippen molar-refractivity contribution in [2.24, 2.45) is 0 Å². The lowest BCUT2D eigenvalue weighted by Crippen LogP contribution is -1.93. The van der Waals surface area contributed by atoms with Crippen molar-refractivity contribution in [3.05, 3.63) is 83.9 Å². The van der Waals surface area contributed by atoms with E-state index in [0.717, 1.165) is 17.7 Å². The standard InChI is InChI=1S/C18H10F4/c19-15-8-12(11-4-2-1-3-5-11)6-7-14(15)13-9-16(20)18(22)17(21)10-13/h1-10H. The summed E-state index contributed by atoms with van der Waals surface area (Å²) in [6, 6.07) is 15.0. The summed E-state index contributed by atoms with van der Waals surface area (Å²) >= 11 is 0. The molecule has 4 heteroatoms. The van der Waals surface area contributed by atoms with Crippen LogP contribution < -0.4 is 0 Å². The van der Waals surface area contributed by atoms with E-state index in [2.05, 4.69) is 0 Å². The van der Waals surface area contributed by atoms with Gasteiger partial charge in [-0.05, 0) is 34.9 Å². The maximum atomic E-state index is 14.2. The summed E-state index contributed by atoms with van der Waals surface area (Å²) in [6.45, 7) is 0. The van der Waals surface area contributed by atoms with Gasteiger partial charge in [0, 0.05) is 5.56 Å². The molecule has 0 aliphatic carbocycles. The van der Waals surface area contributed by atoms with Gasteiger partial charge in [-0.3, -0.25) is 0 Å². The first-order valence-corrected chi connectivity index (χ1v) is 6.56. The van der Waals surface area contributed by atoms with Crippen LogP contribution in [-0.2, 0) is 0 Å². The molecule has 3 rings (SSSR count). The van der Waals surface area contributed by atoms with Gasteiger partial charge in [-0.2, -0.15) is 0 Å². The zero-order valence-corrected chi connectivity index (χ0v) is 11.3. The number of hydrogen-bond acceptors (Lipinski definition) is 0. The molecule has 0 atom stereocenters. The van der Waals surface area contributed by atoms with Gasteiger partial charge in [0.2, 0.25) is 0 Å². The molecule has 3 aromatic carbocycles. The van der Waals surface area contributed by atoms with Crippen molar-refractivity contribution in [2.75, 3.05) is 0 Å². The number of benzene rings is 3. The Morgan fingerprint density at radius 2 is 1.09 bits per heavy atom. The Morgan fingerprint density at radius 3 is 1.68 bits per heavy atom. The summed E-state index contributed by atoms with van der Waals surface area (Å²) in [5, 5.41) is 0. The molecule has 0 heterocycles. The van der Waals surface area contributed by atoms with Crippen molar-refractivity contribution >= 4 is 0 Å². The predicted octanol–water partition coefficient (Wildman–Crippen LogP) is 5.58. The molecule has 0 aromatic heterocycles. The van der Waals surface area contributed by atoms with E-state index in [-0.39, 0.29) is 11.1 Å². The van der Waals surface area contributed by atoms with Gasteiger partial charge in [0.05, 0.1) is 0 Å². The molecule has 0 radical (unpaired) electrons. The molecule has 3 aromatic rings. The minimum absolute atomic E-state index is 0.0116. The van der Waals surface area contributed by atoms with Gasteiger partial charge in [-0.1, -0.05) is 42.5 Å². The molecular weight excluding hydrogens is 292 g/mol. The van der Waals surface area contributed by atoms with Crippen LogP contribution in [-0.4, -0.2) is 0 Å². The summed E-state index contributed by atoms with van der Waals surface area (Å²) in [6.07, 6.45) is 0. The summed E-state index contributed by atoms with van der Waals surface area (Å²) in [7, 11) is 0. The Labute approximate surface area is 124 Å². The van der Waals surface area contributed by atoms with Crippen molar-refractivity contribution < 1.29 is 17.6 Å². The third-order valence-electron chi connectivity index (χ3n) is 3.37. The van der Waals surface area contributed by atoms with Crippen LogP contribution in [0, 0.1) is 23.3 Å². The molecule has 0 saturated heterocycles. The quantitative estimate of drug-likeness (QED) is 0.428. The number of hydrogen-bond donors (Lipinski definition) is 0. The maximum Gasteiger partial charge on any atom is 0.194 e. The van der Waals surface area contributed by atoms with Crippen LogP contribution in [0.25, 0.3) is 22.3 Å². The third kappa shape index (κ3) is 2.60. The molecule has 110 valence electrons. The lowest BCUT2D eigenvalue weighted by Gasteiger charge is -2.08. The van der Waals surface area contributed by atoms with E-state index < -0.39 is 23.3 Å². The fraction of sp³-hybridized carbons (Fsp3) is 0. The van der Waals surface area contributed by atoms with Crippen LogP contribution in [0.4, 0.5) is 17.6 Å². The summed E-state index contributed by atoms with van der Waals surface area (Å²) in [5.41, 5.74) is 1.43. The topological polar surface area (TPSA) is 0 Å². The molecule has 22 heavy (non-hydrogen) atoms. The molecule has 0 aliphatic rings. The molecule has 0 spiro atoms. The lowest BCUT2D eigenvalue weighted by atomic mass is 9.99. The van der Waals surface area contributed by atoms with Crippen molar-refractivity contribution in [3.8, 4) is 22.3 Å². The normalized spacial score (nSPS) is 10.7. The Bertz CT molecular complexity index is 803. The van der Waals surface area contributed by atoms with E-state index in [0.29, 0.717) is 5.56 Å². The highest BCUT2D eigenvalue weighted by Crippen LogP contribution is 2.29. The third-order valence-corrected chi connectivity index (χ3v) is 3.37. The minimum Gasteiger partial charge on any atom is -0.206 e. The second-order valence-electron chi connectivity index (χ2n) is 4.81. The average Bonchev–Trinajstić information content (AvgIpc) is 2.53. The summed E-state index contributed by atoms with van der Waals surface area (Å²) in [4.78, 5) is 0. The van der Waals surface area contributed by atoms with Crippen LogP contribution in [0.1, 0.15) is 0 Å².